The van der Waals surface area contributed by atoms with Crippen molar-refractivity contribution in [3.05, 3.63) is 50.6 Å². The number of alkyl halides is 1. The van der Waals surface area contributed by atoms with Crippen LogP contribution in [0.2, 0.25) is 0 Å². The summed E-state index contributed by atoms with van der Waals surface area (Å²) in [5.74, 6) is -0.801. The number of hydrogen-bond acceptors (Lipinski definition) is 6. The molecule has 0 saturated heterocycles. The summed E-state index contributed by atoms with van der Waals surface area (Å²) in [5.41, 5.74) is 0.679. The van der Waals surface area contributed by atoms with Gasteiger partial charge in [-0.3, -0.25) is 4.79 Å². The van der Waals surface area contributed by atoms with Crippen LogP contribution in [0.25, 0.3) is 21.3 Å². The van der Waals surface area contributed by atoms with Crippen LogP contribution in [-0.4, -0.2) is 40.6 Å². The number of rotatable bonds is 5. The summed E-state index contributed by atoms with van der Waals surface area (Å²) in [6, 6.07) is 4.62. The van der Waals surface area contributed by atoms with Crippen LogP contribution >= 0.6 is 11.3 Å². The molecule has 37 heavy (non-hydrogen) atoms. The molecule has 2 aromatic heterocycles. The van der Waals surface area contributed by atoms with Crippen LogP contribution < -0.4 is 15.5 Å². The second-order valence-electron chi connectivity index (χ2n) is 10.5. The van der Waals surface area contributed by atoms with Gasteiger partial charge >= 0.3 is 12.1 Å². The van der Waals surface area contributed by atoms with E-state index < -0.39 is 35.3 Å². The lowest BCUT2D eigenvalue weighted by Gasteiger charge is -2.28. The number of aromatic nitrogens is 1. The summed E-state index contributed by atoms with van der Waals surface area (Å²) >= 11 is 1.37. The smallest absolute Gasteiger partial charge is 0.408 e. The minimum atomic E-state index is -1.26. The average molecular weight is 529 g/mol. The first-order valence-corrected chi connectivity index (χ1v) is 13.1. The number of halogens is 1. The molecule has 1 saturated carbocycles. The molecule has 2 unspecified atom stereocenters. The van der Waals surface area contributed by atoms with Crippen LogP contribution in [0.3, 0.4) is 0 Å². The number of aromatic carboxylic acids is 1. The fraction of sp³-hybridized carbons (Fsp3) is 0.444. The van der Waals surface area contributed by atoms with E-state index in [9.17, 15) is 19.5 Å². The number of aryl methyl sites for hydroxylation is 1. The van der Waals surface area contributed by atoms with Gasteiger partial charge in [-0.1, -0.05) is 0 Å². The summed E-state index contributed by atoms with van der Waals surface area (Å²) < 4.78 is 28.0. The van der Waals surface area contributed by atoms with Crippen molar-refractivity contribution in [2.24, 2.45) is 0 Å². The zero-order valence-corrected chi connectivity index (χ0v) is 21.9. The number of fused-ring (bicyclic) bond motifs is 2. The van der Waals surface area contributed by atoms with E-state index in [4.69, 9.17) is 9.47 Å². The Bertz CT molecular complexity index is 1470. The Hall–Kier alpha value is -3.40. The Morgan fingerprint density at radius 2 is 1.95 bits per heavy atom. The molecule has 2 heterocycles. The van der Waals surface area contributed by atoms with Gasteiger partial charge in [0, 0.05) is 27.6 Å². The van der Waals surface area contributed by atoms with E-state index in [1.54, 1.807) is 32.9 Å². The Kier molecular flexibility index (Phi) is 6.26. The predicted molar refractivity (Wildman–Crippen MR) is 139 cm³/mol. The minimum Gasteiger partial charge on any atom is -0.494 e. The molecule has 1 fully saturated rings. The van der Waals surface area contributed by atoms with E-state index in [1.165, 1.54) is 24.6 Å². The van der Waals surface area contributed by atoms with Gasteiger partial charge < -0.3 is 24.5 Å². The minimum absolute atomic E-state index is 0.0941. The van der Waals surface area contributed by atoms with Crippen molar-refractivity contribution >= 4 is 34.3 Å². The maximum Gasteiger partial charge on any atom is 0.408 e. The van der Waals surface area contributed by atoms with Crippen LogP contribution in [0.15, 0.2) is 29.2 Å². The summed E-state index contributed by atoms with van der Waals surface area (Å²) in [6.45, 7) is 5.26. The summed E-state index contributed by atoms with van der Waals surface area (Å²) in [4.78, 5) is 38.7. The fourth-order valence-electron chi connectivity index (χ4n) is 4.86. The van der Waals surface area contributed by atoms with Gasteiger partial charge in [-0.15, -0.1) is 11.3 Å². The van der Waals surface area contributed by atoms with Crippen molar-refractivity contribution in [2.45, 2.75) is 70.3 Å². The fourth-order valence-corrected chi connectivity index (χ4v) is 6.20. The number of nitrogens with zero attached hydrogens (tertiary/aromatic N) is 1. The van der Waals surface area contributed by atoms with E-state index in [0.717, 1.165) is 33.7 Å². The highest BCUT2D eigenvalue weighted by molar-refractivity contribution is 7.15. The topological polar surface area (TPSA) is 107 Å². The third kappa shape index (κ3) is 4.70. The number of nitrogens with one attached hydrogen (secondary N) is 1. The third-order valence-corrected chi connectivity index (χ3v) is 7.93. The summed E-state index contributed by atoms with van der Waals surface area (Å²) in [6.07, 6.45) is 2.06. The molecule has 2 aliphatic rings. The second kappa shape index (κ2) is 9.16. The highest BCUT2D eigenvalue weighted by Gasteiger charge is 2.35. The SMILES string of the molecule is COc1c(-c2cc3c(s2)C(NC(=O)OC(C)(C)C)C(F)CC3)ccc2c(=O)c(C(=O)O)cn(C3CC3)c12. The molecule has 3 aromatic rings. The quantitative estimate of drug-likeness (QED) is 0.445. The number of alkyl carbamates (subject to hydrolysis) is 1. The van der Waals surface area contributed by atoms with Crippen molar-refractivity contribution in [3.8, 4) is 16.2 Å². The molecule has 0 aliphatic heterocycles. The monoisotopic (exact) mass is 528 g/mol. The number of carbonyl (C=O) groups is 2. The third-order valence-electron chi connectivity index (χ3n) is 6.63. The molecular weight excluding hydrogens is 499 g/mol. The maximum atomic E-state index is 15.0. The molecule has 0 bridgehead atoms. The maximum absolute atomic E-state index is 15.0. The van der Waals surface area contributed by atoms with Crippen molar-refractivity contribution < 1.29 is 28.6 Å². The van der Waals surface area contributed by atoms with Gasteiger partial charge in [0.15, 0.2) is 5.75 Å². The molecule has 2 aliphatic carbocycles. The lowest BCUT2D eigenvalue weighted by atomic mass is 9.92. The van der Waals surface area contributed by atoms with Crippen molar-refractivity contribution in [1.29, 1.82) is 0 Å². The molecule has 0 radical (unpaired) electrons. The van der Waals surface area contributed by atoms with Crippen LogP contribution in [-0.2, 0) is 11.2 Å². The van der Waals surface area contributed by atoms with Gasteiger partial charge in [0.25, 0.3) is 0 Å². The molecular formula is C27H29FN2O6S. The number of carboxylic acids is 1. The van der Waals surface area contributed by atoms with E-state index >= 15 is 4.39 Å². The number of pyridine rings is 1. The van der Waals surface area contributed by atoms with Crippen molar-refractivity contribution in [3.63, 3.8) is 0 Å². The first-order valence-electron chi connectivity index (χ1n) is 12.2. The normalized spacial score (nSPS) is 19.4. The van der Waals surface area contributed by atoms with E-state index in [1.807, 2.05) is 10.6 Å². The van der Waals surface area contributed by atoms with Gasteiger partial charge in [0.2, 0.25) is 5.43 Å². The Balaban J connectivity index is 1.61. The van der Waals surface area contributed by atoms with E-state index in [-0.39, 0.29) is 23.4 Å². The van der Waals surface area contributed by atoms with Gasteiger partial charge in [-0.25, -0.2) is 14.0 Å². The number of carboxylic acid groups (broad SMARTS) is 1. The molecule has 2 atom stereocenters. The number of methoxy groups -OCH3 is 1. The number of amides is 1. The lowest BCUT2D eigenvalue weighted by molar-refractivity contribution is 0.0466. The van der Waals surface area contributed by atoms with Crippen molar-refractivity contribution in [1.82, 2.24) is 9.88 Å². The van der Waals surface area contributed by atoms with Crippen LogP contribution in [0, 0.1) is 0 Å². The molecule has 5 rings (SSSR count). The molecule has 2 N–H and O–H groups in total. The molecule has 1 amide bonds. The zero-order valence-electron chi connectivity index (χ0n) is 21.1. The first kappa shape index (κ1) is 25.3. The summed E-state index contributed by atoms with van der Waals surface area (Å²) in [7, 11) is 1.52. The van der Waals surface area contributed by atoms with Gasteiger partial charge in [0.1, 0.15) is 17.3 Å². The van der Waals surface area contributed by atoms with Gasteiger partial charge in [-0.2, -0.15) is 0 Å². The highest BCUT2D eigenvalue weighted by Crippen LogP contribution is 2.47. The number of carbonyl (C=O) groups excluding carboxylic acids is 1. The average Bonchev–Trinajstić information content (AvgIpc) is 3.57. The molecule has 0 spiro atoms. The molecule has 196 valence electrons. The highest BCUT2D eigenvalue weighted by atomic mass is 32.1. The van der Waals surface area contributed by atoms with Crippen LogP contribution in [0.4, 0.5) is 9.18 Å². The second-order valence-corrected chi connectivity index (χ2v) is 11.6. The number of benzene rings is 1. The molecule has 1 aromatic carbocycles. The standard InChI is InChI=1S/C27H29FN2O6S/c1-27(2,3)36-26(34)29-20-18(28)10-5-13-11-19(37-24(13)20)15-8-9-16-21(23(15)35-4)30(14-6-7-14)12-17(22(16)31)25(32)33/h8-9,11-12,14,18,20H,5-7,10H2,1-4H3,(H,29,34)(H,32,33). The Morgan fingerprint density at radius 3 is 2.57 bits per heavy atom. The number of hydrogen-bond donors (Lipinski definition) is 2. The van der Waals surface area contributed by atoms with Crippen LogP contribution in [0.5, 0.6) is 5.75 Å². The van der Waals surface area contributed by atoms with Gasteiger partial charge in [-0.05, 0) is 70.2 Å². The molecule has 8 nitrogen and oxygen atoms in total. The van der Waals surface area contributed by atoms with E-state index in [0.29, 0.717) is 17.7 Å². The number of thiophene rings is 1. The lowest BCUT2D eigenvalue weighted by Crippen LogP contribution is -2.39. The first-order chi connectivity index (χ1) is 17.5. The van der Waals surface area contributed by atoms with E-state index in [2.05, 4.69) is 5.32 Å². The summed E-state index contributed by atoms with van der Waals surface area (Å²) in [5, 5.41) is 12.5. The number of ether oxygens (including phenoxy) is 2. The van der Waals surface area contributed by atoms with Crippen molar-refractivity contribution in [2.75, 3.05) is 7.11 Å². The predicted octanol–water partition coefficient (Wildman–Crippen LogP) is 5.62. The molecule has 10 heteroatoms. The largest absolute Gasteiger partial charge is 0.494 e. The van der Waals surface area contributed by atoms with Gasteiger partial charge in [0.05, 0.1) is 24.1 Å². The zero-order chi connectivity index (χ0) is 26.6. The van der Waals surface area contributed by atoms with Crippen LogP contribution in [0.1, 0.15) is 72.9 Å². The Morgan fingerprint density at radius 1 is 1.22 bits per heavy atom. The Labute approximate surface area is 217 Å².